The number of fused-ring (bicyclic) bond motifs is 3. The lowest BCUT2D eigenvalue weighted by molar-refractivity contribution is 0.0816. The van der Waals surface area contributed by atoms with Crippen molar-refractivity contribution in [3.63, 3.8) is 0 Å². The number of benzene rings is 2. The Morgan fingerprint density at radius 2 is 1.67 bits per heavy atom. The van der Waals surface area contributed by atoms with Crippen LogP contribution < -0.4 is 11.1 Å². The van der Waals surface area contributed by atoms with Crippen molar-refractivity contribution in [1.82, 2.24) is 14.4 Å². The molecule has 3 aromatic rings. The van der Waals surface area contributed by atoms with Gasteiger partial charge in [0.15, 0.2) is 0 Å². The first-order valence-electron chi connectivity index (χ1n) is 15.1. The van der Waals surface area contributed by atoms with Gasteiger partial charge in [0.2, 0.25) is 5.91 Å². The van der Waals surface area contributed by atoms with Gasteiger partial charge in [-0.2, -0.15) is 0 Å². The maximum absolute atomic E-state index is 13.1. The molecule has 9 heteroatoms. The quantitative estimate of drug-likeness (QED) is 0.370. The van der Waals surface area contributed by atoms with E-state index < -0.39 is 12.0 Å². The van der Waals surface area contributed by atoms with E-state index in [0.717, 1.165) is 65.8 Å². The fourth-order valence-corrected chi connectivity index (χ4v) is 6.57. The summed E-state index contributed by atoms with van der Waals surface area (Å²) in [5.74, 6) is -0.275. The molecule has 2 fully saturated rings. The fourth-order valence-electron chi connectivity index (χ4n) is 6.57. The summed E-state index contributed by atoms with van der Waals surface area (Å²) in [4.78, 5) is 39.2. The first kappa shape index (κ1) is 29.6. The third kappa shape index (κ3) is 6.31. The van der Waals surface area contributed by atoms with Gasteiger partial charge < -0.3 is 26.0 Å². The third-order valence-corrected chi connectivity index (χ3v) is 8.81. The highest BCUT2D eigenvalue weighted by molar-refractivity contribution is 6.06. The van der Waals surface area contributed by atoms with Crippen LogP contribution in [0.25, 0.3) is 22.0 Å². The average molecular weight is 574 g/mol. The first-order valence-corrected chi connectivity index (χ1v) is 15.1. The summed E-state index contributed by atoms with van der Waals surface area (Å²) in [6, 6.07) is 14.3. The Kier molecular flexibility index (Phi) is 8.59. The maximum Gasteiger partial charge on any atom is 0.407 e. The van der Waals surface area contributed by atoms with Gasteiger partial charge in [-0.1, -0.05) is 57.4 Å². The minimum Gasteiger partial charge on any atom is -0.465 e. The standard InChI is InChI=1S/C27H31N3O2.C6H12N2O2/c1-27(2)15-23-25(20-10-6-7-11-22(20)30(23)24(31)16-27)17-12-13-19(26(28)32)21(14-17)29-18-8-4-3-5-9-18;1-7-2-4-8(5-3-7)6(9)10/h6-7,10-14,18,29H,3-5,8-9,15-16H2,1-2H3,(H2,28,32);2-5H2,1H3,(H,9,10). The Bertz CT molecular complexity index is 1480. The number of nitrogens with one attached hydrogen (secondary N) is 1. The lowest BCUT2D eigenvalue weighted by atomic mass is 9.80. The maximum atomic E-state index is 13.1. The number of carbonyl (C=O) groups is 3. The molecular formula is C33H43N5O4. The number of rotatable bonds is 4. The molecule has 0 atom stereocenters. The number of primary amides is 1. The molecule has 42 heavy (non-hydrogen) atoms. The molecule has 3 heterocycles. The van der Waals surface area contributed by atoms with E-state index in [1.54, 1.807) is 0 Å². The molecule has 0 bridgehead atoms. The number of hydrogen-bond acceptors (Lipinski definition) is 5. The number of nitrogens with zero attached hydrogens (tertiary/aromatic N) is 3. The zero-order valence-electron chi connectivity index (χ0n) is 25.0. The number of para-hydroxylation sites is 1. The van der Waals surface area contributed by atoms with Crippen molar-refractivity contribution in [1.29, 1.82) is 0 Å². The lowest BCUT2D eigenvalue weighted by Crippen LogP contribution is -2.46. The van der Waals surface area contributed by atoms with E-state index >= 15 is 0 Å². The van der Waals surface area contributed by atoms with E-state index in [4.69, 9.17) is 10.8 Å². The topological polar surface area (TPSA) is 121 Å². The van der Waals surface area contributed by atoms with E-state index in [9.17, 15) is 14.4 Å². The molecule has 2 aliphatic heterocycles. The average Bonchev–Trinajstić information content (AvgIpc) is 3.27. The van der Waals surface area contributed by atoms with Gasteiger partial charge in [-0.25, -0.2) is 4.79 Å². The van der Waals surface area contributed by atoms with Gasteiger partial charge in [-0.15, -0.1) is 0 Å². The van der Waals surface area contributed by atoms with Crippen LogP contribution in [0.3, 0.4) is 0 Å². The zero-order valence-corrected chi connectivity index (χ0v) is 25.0. The van der Waals surface area contributed by atoms with E-state index in [-0.39, 0.29) is 11.3 Å². The first-order chi connectivity index (χ1) is 20.0. The van der Waals surface area contributed by atoms with Crippen molar-refractivity contribution in [2.75, 3.05) is 38.5 Å². The van der Waals surface area contributed by atoms with Crippen LogP contribution in [0.5, 0.6) is 0 Å². The zero-order chi connectivity index (χ0) is 30.0. The lowest BCUT2D eigenvalue weighted by Gasteiger charge is -2.30. The summed E-state index contributed by atoms with van der Waals surface area (Å²) < 4.78 is 1.91. The number of aromatic nitrogens is 1. The number of carbonyl (C=O) groups excluding carboxylic acids is 2. The molecule has 1 aromatic heterocycles. The second-order valence-electron chi connectivity index (χ2n) is 12.8. The molecule has 224 valence electrons. The van der Waals surface area contributed by atoms with Crippen molar-refractivity contribution in [2.45, 2.75) is 64.8 Å². The molecule has 2 amide bonds. The van der Waals surface area contributed by atoms with E-state index in [2.05, 4.69) is 36.2 Å². The summed E-state index contributed by atoms with van der Waals surface area (Å²) in [6.45, 7) is 7.31. The molecule has 0 spiro atoms. The summed E-state index contributed by atoms with van der Waals surface area (Å²) in [5, 5.41) is 13.2. The molecule has 9 nitrogen and oxygen atoms in total. The Hall–Kier alpha value is -3.85. The van der Waals surface area contributed by atoms with Gasteiger partial charge in [0, 0.05) is 61.0 Å². The molecule has 3 aliphatic rings. The van der Waals surface area contributed by atoms with Gasteiger partial charge in [-0.3, -0.25) is 14.2 Å². The third-order valence-electron chi connectivity index (χ3n) is 8.81. The Morgan fingerprint density at radius 1 is 0.976 bits per heavy atom. The van der Waals surface area contributed by atoms with Gasteiger partial charge >= 0.3 is 6.09 Å². The fraction of sp³-hybridized carbons (Fsp3) is 0.485. The molecule has 4 N–H and O–H groups in total. The van der Waals surface area contributed by atoms with Crippen LogP contribution in [0.2, 0.25) is 0 Å². The van der Waals surface area contributed by atoms with Crippen molar-refractivity contribution in [3.8, 4) is 11.1 Å². The second kappa shape index (κ2) is 12.2. The predicted molar refractivity (Wildman–Crippen MR) is 166 cm³/mol. The summed E-state index contributed by atoms with van der Waals surface area (Å²) >= 11 is 0. The smallest absolute Gasteiger partial charge is 0.407 e. The van der Waals surface area contributed by atoms with Crippen LogP contribution in [-0.2, 0) is 6.42 Å². The highest BCUT2D eigenvalue weighted by Crippen LogP contribution is 2.43. The monoisotopic (exact) mass is 573 g/mol. The van der Waals surface area contributed by atoms with Crippen LogP contribution in [0.4, 0.5) is 10.5 Å². The Morgan fingerprint density at radius 3 is 2.33 bits per heavy atom. The minimum atomic E-state index is -0.798. The number of carboxylic acid groups (broad SMARTS) is 1. The molecule has 1 saturated carbocycles. The van der Waals surface area contributed by atoms with Crippen LogP contribution in [0.1, 0.15) is 73.2 Å². The number of anilines is 1. The number of likely N-dealkylation sites (N-methyl/N-ethyl adjacent to an activating group) is 1. The molecular weight excluding hydrogens is 530 g/mol. The van der Waals surface area contributed by atoms with Gasteiger partial charge in [-0.05, 0) is 55.5 Å². The summed E-state index contributed by atoms with van der Waals surface area (Å²) in [6.07, 6.45) is 6.46. The highest BCUT2D eigenvalue weighted by Gasteiger charge is 2.35. The van der Waals surface area contributed by atoms with Crippen LogP contribution in [-0.4, -0.2) is 76.6 Å². The summed E-state index contributed by atoms with van der Waals surface area (Å²) in [7, 11) is 2.00. The van der Waals surface area contributed by atoms with E-state index in [1.807, 2.05) is 41.9 Å². The number of hydrogen-bond donors (Lipinski definition) is 3. The van der Waals surface area contributed by atoms with Crippen LogP contribution in [0.15, 0.2) is 42.5 Å². The van der Waals surface area contributed by atoms with E-state index in [1.165, 1.54) is 24.2 Å². The molecule has 1 aliphatic carbocycles. The van der Waals surface area contributed by atoms with Gasteiger partial charge in [0.1, 0.15) is 0 Å². The van der Waals surface area contributed by atoms with Crippen molar-refractivity contribution in [2.24, 2.45) is 11.1 Å². The second-order valence-corrected chi connectivity index (χ2v) is 12.8. The van der Waals surface area contributed by atoms with Gasteiger partial charge in [0.05, 0.1) is 11.1 Å². The SMILES string of the molecule is CC1(C)CC(=O)n2c(c(-c3ccc(C(N)=O)c(NC4CCCCC4)c3)c3ccccc32)C1.CN1CCN(C(=O)O)CC1. The number of piperazine rings is 1. The predicted octanol–water partition coefficient (Wildman–Crippen LogP) is 5.68. The van der Waals surface area contributed by atoms with Crippen molar-refractivity contribution < 1.29 is 19.5 Å². The molecule has 0 radical (unpaired) electrons. The molecule has 0 unspecified atom stereocenters. The Balaban J connectivity index is 0.000000300. The molecule has 2 aromatic carbocycles. The highest BCUT2D eigenvalue weighted by atomic mass is 16.4. The minimum absolute atomic E-state index is 0.0907. The van der Waals surface area contributed by atoms with Crippen molar-refractivity contribution >= 4 is 34.5 Å². The van der Waals surface area contributed by atoms with Gasteiger partial charge in [0.25, 0.3) is 5.91 Å². The normalized spacial score (nSPS) is 19.1. The number of amides is 2. The molecule has 1 saturated heterocycles. The number of nitrogens with two attached hydrogens (primary N) is 1. The summed E-state index contributed by atoms with van der Waals surface area (Å²) in [5.41, 5.74) is 11.1. The van der Waals surface area contributed by atoms with Crippen LogP contribution in [0, 0.1) is 5.41 Å². The Labute approximate surface area is 247 Å². The van der Waals surface area contributed by atoms with Crippen LogP contribution >= 0.6 is 0 Å². The van der Waals surface area contributed by atoms with Crippen molar-refractivity contribution in [3.05, 3.63) is 53.7 Å². The molecule has 6 rings (SSSR count). The van der Waals surface area contributed by atoms with E-state index in [0.29, 0.717) is 31.1 Å². The largest absolute Gasteiger partial charge is 0.465 e.